The number of benzene rings is 2. The molecule has 1 atom stereocenters. The Hall–Kier alpha value is -1.83. The number of hydrogen-bond donors (Lipinski definition) is 1. The average Bonchev–Trinajstić information content (AvgIpc) is 2.38. The molecule has 0 saturated carbocycles. The van der Waals surface area contributed by atoms with Gasteiger partial charge in [0, 0.05) is 5.69 Å². The van der Waals surface area contributed by atoms with Crippen LogP contribution in [0.4, 0.5) is 10.1 Å². The van der Waals surface area contributed by atoms with Gasteiger partial charge in [-0.15, -0.1) is 0 Å². The second kappa shape index (κ2) is 5.67. The van der Waals surface area contributed by atoms with Crippen LogP contribution >= 0.6 is 0 Å². The number of halogens is 1. The van der Waals surface area contributed by atoms with Gasteiger partial charge in [-0.2, -0.15) is 0 Å². The maximum Gasteiger partial charge on any atom is 0.123 e. The summed E-state index contributed by atoms with van der Waals surface area (Å²) in [6, 6.07) is 17.0. The second-order valence-electron chi connectivity index (χ2n) is 4.78. The highest BCUT2D eigenvalue weighted by atomic mass is 19.1. The lowest BCUT2D eigenvalue weighted by Crippen LogP contribution is -2.16. The molecule has 18 heavy (non-hydrogen) atoms. The van der Waals surface area contributed by atoms with E-state index in [1.807, 2.05) is 18.2 Å². The van der Waals surface area contributed by atoms with Crippen LogP contribution in [0.15, 0.2) is 54.6 Å². The molecule has 0 aliphatic carbocycles. The van der Waals surface area contributed by atoms with E-state index in [9.17, 15) is 4.39 Å². The first-order chi connectivity index (χ1) is 8.66. The molecule has 0 radical (unpaired) electrons. The summed E-state index contributed by atoms with van der Waals surface area (Å²) in [6.07, 6.45) is 0. The minimum absolute atomic E-state index is 0.207. The minimum atomic E-state index is -0.207. The molecule has 0 amide bonds. The minimum Gasteiger partial charge on any atom is -0.378 e. The molecule has 0 bridgehead atoms. The SMILES string of the molecule is CC(C)C(Nc1ccc(F)cc1)c1ccccc1. The van der Waals surface area contributed by atoms with Crippen LogP contribution in [0, 0.1) is 11.7 Å². The Balaban J connectivity index is 2.19. The highest BCUT2D eigenvalue weighted by Gasteiger charge is 2.14. The van der Waals surface area contributed by atoms with Gasteiger partial charge in [-0.3, -0.25) is 0 Å². The predicted octanol–water partition coefficient (Wildman–Crippen LogP) is 4.63. The fraction of sp³-hybridized carbons (Fsp3) is 0.250. The lowest BCUT2D eigenvalue weighted by atomic mass is 9.96. The molecule has 0 saturated heterocycles. The third kappa shape index (κ3) is 3.10. The number of hydrogen-bond acceptors (Lipinski definition) is 1. The van der Waals surface area contributed by atoms with Gasteiger partial charge in [0.25, 0.3) is 0 Å². The van der Waals surface area contributed by atoms with E-state index in [0.29, 0.717) is 5.92 Å². The molecule has 2 rings (SSSR count). The molecule has 94 valence electrons. The topological polar surface area (TPSA) is 12.0 Å². The first kappa shape index (κ1) is 12.6. The molecule has 0 spiro atoms. The molecule has 0 aliphatic heterocycles. The van der Waals surface area contributed by atoms with Gasteiger partial charge in [0.05, 0.1) is 6.04 Å². The van der Waals surface area contributed by atoms with Gasteiger partial charge in [-0.1, -0.05) is 44.2 Å². The largest absolute Gasteiger partial charge is 0.378 e. The first-order valence-corrected chi connectivity index (χ1v) is 6.24. The summed E-state index contributed by atoms with van der Waals surface area (Å²) in [5, 5.41) is 3.46. The van der Waals surface area contributed by atoms with Gasteiger partial charge in [-0.05, 0) is 35.7 Å². The van der Waals surface area contributed by atoms with Crippen LogP contribution in [0.25, 0.3) is 0 Å². The molecule has 0 fully saturated rings. The van der Waals surface area contributed by atoms with Crippen molar-refractivity contribution in [3.63, 3.8) is 0 Å². The Labute approximate surface area is 108 Å². The van der Waals surface area contributed by atoms with E-state index in [2.05, 4.69) is 31.3 Å². The van der Waals surface area contributed by atoms with Crippen LogP contribution in [-0.4, -0.2) is 0 Å². The fourth-order valence-corrected chi connectivity index (χ4v) is 2.02. The van der Waals surface area contributed by atoms with Crippen LogP contribution in [0.5, 0.6) is 0 Å². The molecule has 2 heteroatoms. The van der Waals surface area contributed by atoms with Crippen LogP contribution in [-0.2, 0) is 0 Å². The number of anilines is 1. The van der Waals surface area contributed by atoms with Crippen molar-refractivity contribution in [2.45, 2.75) is 19.9 Å². The lowest BCUT2D eigenvalue weighted by Gasteiger charge is -2.24. The smallest absolute Gasteiger partial charge is 0.123 e. The van der Waals surface area contributed by atoms with Crippen molar-refractivity contribution in [2.24, 2.45) is 5.92 Å². The number of rotatable bonds is 4. The van der Waals surface area contributed by atoms with Crippen molar-refractivity contribution in [3.8, 4) is 0 Å². The molecule has 0 heterocycles. The molecule has 1 unspecified atom stereocenters. The standard InChI is InChI=1S/C16H18FN/c1-12(2)16(13-6-4-3-5-7-13)18-15-10-8-14(17)9-11-15/h3-12,16,18H,1-2H3. The van der Waals surface area contributed by atoms with Crippen LogP contribution in [0.1, 0.15) is 25.5 Å². The highest BCUT2D eigenvalue weighted by Crippen LogP contribution is 2.26. The molecule has 2 aromatic carbocycles. The van der Waals surface area contributed by atoms with E-state index in [1.165, 1.54) is 17.7 Å². The highest BCUT2D eigenvalue weighted by molar-refractivity contribution is 5.45. The maximum atomic E-state index is 12.9. The third-order valence-electron chi connectivity index (χ3n) is 2.99. The van der Waals surface area contributed by atoms with E-state index < -0.39 is 0 Å². The molecule has 1 N–H and O–H groups in total. The Bertz CT molecular complexity index is 476. The van der Waals surface area contributed by atoms with E-state index >= 15 is 0 Å². The van der Waals surface area contributed by atoms with E-state index in [0.717, 1.165) is 5.69 Å². The Morgan fingerprint density at radius 1 is 0.889 bits per heavy atom. The van der Waals surface area contributed by atoms with E-state index in [4.69, 9.17) is 0 Å². The second-order valence-corrected chi connectivity index (χ2v) is 4.78. The van der Waals surface area contributed by atoms with Crippen LogP contribution in [0.3, 0.4) is 0 Å². The zero-order valence-corrected chi connectivity index (χ0v) is 10.7. The predicted molar refractivity (Wildman–Crippen MR) is 74.0 cm³/mol. The van der Waals surface area contributed by atoms with Gasteiger partial charge < -0.3 is 5.32 Å². The Kier molecular flexibility index (Phi) is 3.98. The normalized spacial score (nSPS) is 12.4. The Morgan fingerprint density at radius 2 is 1.50 bits per heavy atom. The van der Waals surface area contributed by atoms with Gasteiger partial charge >= 0.3 is 0 Å². The summed E-state index contributed by atoms with van der Waals surface area (Å²) in [5.41, 5.74) is 2.19. The van der Waals surface area contributed by atoms with E-state index in [-0.39, 0.29) is 11.9 Å². The summed E-state index contributed by atoms with van der Waals surface area (Å²) >= 11 is 0. The summed E-state index contributed by atoms with van der Waals surface area (Å²) in [6.45, 7) is 4.35. The average molecular weight is 243 g/mol. The summed E-state index contributed by atoms with van der Waals surface area (Å²) in [4.78, 5) is 0. The molecule has 2 aromatic rings. The zero-order chi connectivity index (χ0) is 13.0. The monoisotopic (exact) mass is 243 g/mol. The van der Waals surface area contributed by atoms with Gasteiger partial charge in [0.2, 0.25) is 0 Å². The van der Waals surface area contributed by atoms with Gasteiger partial charge in [0.1, 0.15) is 5.82 Å². The van der Waals surface area contributed by atoms with Crippen molar-refractivity contribution in [1.29, 1.82) is 0 Å². The molecular formula is C16H18FN. The number of nitrogens with one attached hydrogen (secondary N) is 1. The van der Waals surface area contributed by atoms with Crippen LogP contribution in [0.2, 0.25) is 0 Å². The molecule has 0 aromatic heterocycles. The lowest BCUT2D eigenvalue weighted by molar-refractivity contribution is 0.546. The molecule has 0 aliphatic rings. The quantitative estimate of drug-likeness (QED) is 0.825. The van der Waals surface area contributed by atoms with Gasteiger partial charge in [-0.25, -0.2) is 4.39 Å². The van der Waals surface area contributed by atoms with Crippen molar-refractivity contribution < 1.29 is 4.39 Å². The van der Waals surface area contributed by atoms with Crippen molar-refractivity contribution >= 4 is 5.69 Å². The van der Waals surface area contributed by atoms with Crippen molar-refractivity contribution in [3.05, 3.63) is 66.0 Å². The van der Waals surface area contributed by atoms with E-state index in [1.54, 1.807) is 12.1 Å². The first-order valence-electron chi connectivity index (χ1n) is 6.24. The van der Waals surface area contributed by atoms with Gasteiger partial charge in [0.15, 0.2) is 0 Å². The van der Waals surface area contributed by atoms with Crippen molar-refractivity contribution in [2.75, 3.05) is 5.32 Å². The van der Waals surface area contributed by atoms with Crippen LogP contribution < -0.4 is 5.32 Å². The molecular weight excluding hydrogens is 225 g/mol. The Morgan fingerprint density at radius 3 is 2.06 bits per heavy atom. The summed E-state index contributed by atoms with van der Waals surface area (Å²) in [5.74, 6) is 0.249. The van der Waals surface area contributed by atoms with Crippen molar-refractivity contribution in [1.82, 2.24) is 0 Å². The summed E-state index contributed by atoms with van der Waals surface area (Å²) < 4.78 is 12.9. The third-order valence-corrected chi connectivity index (χ3v) is 2.99. The zero-order valence-electron chi connectivity index (χ0n) is 10.7. The summed E-state index contributed by atoms with van der Waals surface area (Å²) in [7, 11) is 0. The molecule has 1 nitrogen and oxygen atoms in total. The fourth-order valence-electron chi connectivity index (χ4n) is 2.02. The maximum absolute atomic E-state index is 12.9.